The van der Waals surface area contributed by atoms with Gasteiger partial charge in [-0.05, 0) is 37.3 Å². The Balaban J connectivity index is 2.41. The van der Waals surface area contributed by atoms with Crippen molar-refractivity contribution in [3.63, 3.8) is 0 Å². The molecule has 0 spiro atoms. The van der Waals surface area contributed by atoms with Crippen LogP contribution in [0.5, 0.6) is 0 Å². The number of rotatable bonds is 3. The van der Waals surface area contributed by atoms with E-state index in [4.69, 9.17) is 4.74 Å². The van der Waals surface area contributed by atoms with E-state index < -0.39 is 0 Å². The lowest BCUT2D eigenvalue weighted by molar-refractivity contribution is 0.136. The minimum absolute atomic E-state index is 0.772. The minimum atomic E-state index is 0.772. The van der Waals surface area contributed by atoms with Crippen molar-refractivity contribution in [1.82, 2.24) is 0 Å². The molecule has 0 aromatic carbocycles. The summed E-state index contributed by atoms with van der Waals surface area (Å²) in [5.41, 5.74) is 2.82. The van der Waals surface area contributed by atoms with E-state index in [1.807, 2.05) is 29.6 Å². The molecule has 0 bridgehead atoms. The second-order valence-electron chi connectivity index (χ2n) is 3.36. The summed E-state index contributed by atoms with van der Waals surface area (Å²) in [6.45, 7) is 7.98. The summed E-state index contributed by atoms with van der Waals surface area (Å²) in [7, 11) is 0. The van der Waals surface area contributed by atoms with Gasteiger partial charge < -0.3 is 4.74 Å². The van der Waals surface area contributed by atoms with Gasteiger partial charge in [0.05, 0.1) is 6.61 Å². The van der Waals surface area contributed by atoms with Crippen LogP contribution in [-0.4, -0.2) is 6.61 Å². The van der Waals surface area contributed by atoms with E-state index in [9.17, 15) is 0 Å². The molecule has 2 aromatic heterocycles. The number of aryl methyl sites for hydroxylation is 2. The summed E-state index contributed by atoms with van der Waals surface area (Å²) in [5.74, 6) is 0. The first-order chi connectivity index (χ1) is 6.74. The SMILES string of the molecule is CCOCc1sc2c(C)csc2c1C. The fourth-order valence-corrected chi connectivity index (χ4v) is 3.98. The topological polar surface area (TPSA) is 9.23 Å². The molecule has 0 aliphatic heterocycles. The highest BCUT2D eigenvalue weighted by atomic mass is 32.1. The number of hydrogen-bond donors (Lipinski definition) is 0. The third-order valence-corrected chi connectivity index (χ3v) is 5.09. The Morgan fingerprint density at radius 1 is 1.29 bits per heavy atom. The minimum Gasteiger partial charge on any atom is -0.376 e. The Morgan fingerprint density at radius 2 is 2.07 bits per heavy atom. The zero-order valence-corrected chi connectivity index (χ0v) is 10.3. The molecular weight excluding hydrogens is 212 g/mol. The maximum atomic E-state index is 5.45. The van der Waals surface area contributed by atoms with Gasteiger partial charge in [-0.1, -0.05) is 0 Å². The van der Waals surface area contributed by atoms with Gasteiger partial charge in [0.15, 0.2) is 0 Å². The molecule has 0 aliphatic rings. The number of thiophene rings is 2. The Kier molecular flexibility index (Phi) is 2.91. The molecule has 0 fully saturated rings. The van der Waals surface area contributed by atoms with E-state index in [0.717, 1.165) is 13.2 Å². The molecule has 3 heteroatoms. The Morgan fingerprint density at radius 3 is 2.71 bits per heavy atom. The first-order valence-corrected chi connectivity index (χ1v) is 6.47. The van der Waals surface area contributed by atoms with E-state index in [-0.39, 0.29) is 0 Å². The molecule has 76 valence electrons. The van der Waals surface area contributed by atoms with E-state index in [0.29, 0.717) is 0 Å². The van der Waals surface area contributed by atoms with E-state index in [2.05, 4.69) is 19.2 Å². The van der Waals surface area contributed by atoms with Crippen molar-refractivity contribution in [1.29, 1.82) is 0 Å². The van der Waals surface area contributed by atoms with Gasteiger partial charge in [-0.25, -0.2) is 0 Å². The van der Waals surface area contributed by atoms with Gasteiger partial charge in [0.25, 0.3) is 0 Å². The molecule has 2 aromatic rings. The summed E-state index contributed by atoms with van der Waals surface area (Å²) < 4.78 is 8.35. The molecule has 0 radical (unpaired) electrons. The third-order valence-electron chi connectivity index (χ3n) is 2.34. The molecule has 0 saturated heterocycles. The van der Waals surface area contributed by atoms with Crippen molar-refractivity contribution in [2.24, 2.45) is 0 Å². The Bertz CT molecular complexity index is 439. The quantitative estimate of drug-likeness (QED) is 0.765. The normalized spacial score (nSPS) is 11.4. The highest BCUT2D eigenvalue weighted by Crippen LogP contribution is 2.37. The molecule has 2 rings (SSSR count). The summed E-state index contributed by atoms with van der Waals surface area (Å²) >= 11 is 3.73. The van der Waals surface area contributed by atoms with E-state index >= 15 is 0 Å². The van der Waals surface area contributed by atoms with Crippen molar-refractivity contribution < 1.29 is 4.74 Å². The molecule has 2 heterocycles. The fourth-order valence-electron chi connectivity index (χ4n) is 1.48. The molecule has 0 saturated carbocycles. The standard InChI is InChI=1S/C11H14OS2/c1-4-12-5-9-8(3)11-10(14-9)7(2)6-13-11/h6H,4-5H2,1-3H3. The summed E-state index contributed by atoms with van der Waals surface area (Å²) in [6, 6.07) is 0. The van der Waals surface area contributed by atoms with Crippen LogP contribution in [0.15, 0.2) is 5.38 Å². The molecular formula is C11H14OS2. The molecule has 0 amide bonds. The van der Waals surface area contributed by atoms with Crippen molar-refractivity contribution >= 4 is 32.1 Å². The van der Waals surface area contributed by atoms with Gasteiger partial charge in [0, 0.05) is 20.9 Å². The van der Waals surface area contributed by atoms with Gasteiger partial charge in [-0.15, -0.1) is 22.7 Å². The number of hydrogen-bond acceptors (Lipinski definition) is 3. The van der Waals surface area contributed by atoms with Crippen LogP contribution in [0.25, 0.3) is 9.40 Å². The van der Waals surface area contributed by atoms with Crippen LogP contribution in [0.3, 0.4) is 0 Å². The van der Waals surface area contributed by atoms with Gasteiger partial charge in [0.2, 0.25) is 0 Å². The lowest BCUT2D eigenvalue weighted by Gasteiger charge is -1.98. The molecule has 14 heavy (non-hydrogen) atoms. The summed E-state index contributed by atoms with van der Waals surface area (Å²) in [6.07, 6.45) is 0. The average molecular weight is 226 g/mol. The number of fused-ring (bicyclic) bond motifs is 1. The average Bonchev–Trinajstić information content (AvgIpc) is 2.67. The van der Waals surface area contributed by atoms with Crippen LogP contribution in [0.2, 0.25) is 0 Å². The van der Waals surface area contributed by atoms with Crippen LogP contribution >= 0.6 is 22.7 Å². The Hall–Kier alpha value is -0.380. The monoisotopic (exact) mass is 226 g/mol. The largest absolute Gasteiger partial charge is 0.376 e. The van der Waals surface area contributed by atoms with Gasteiger partial charge in [-0.3, -0.25) is 0 Å². The van der Waals surface area contributed by atoms with Crippen LogP contribution in [-0.2, 0) is 11.3 Å². The maximum Gasteiger partial charge on any atom is 0.0812 e. The number of ether oxygens (including phenoxy) is 1. The molecule has 1 nitrogen and oxygen atoms in total. The second kappa shape index (κ2) is 4.01. The highest BCUT2D eigenvalue weighted by Gasteiger charge is 2.11. The van der Waals surface area contributed by atoms with E-state index in [1.54, 1.807) is 0 Å². The molecule has 0 atom stereocenters. The summed E-state index contributed by atoms with van der Waals surface area (Å²) in [5, 5.41) is 2.23. The maximum absolute atomic E-state index is 5.45. The van der Waals surface area contributed by atoms with E-state index in [1.165, 1.54) is 25.4 Å². The predicted octanol–water partition coefficient (Wildman–Crippen LogP) is 4.12. The lowest BCUT2D eigenvalue weighted by Crippen LogP contribution is -1.89. The van der Waals surface area contributed by atoms with Gasteiger partial charge >= 0.3 is 0 Å². The van der Waals surface area contributed by atoms with Gasteiger partial charge in [0.1, 0.15) is 0 Å². The zero-order valence-electron chi connectivity index (χ0n) is 8.72. The molecule has 0 N–H and O–H groups in total. The van der Waals surface area contributed by atoms with Crippen LogP contribution in [0.1, 0.15) is 22.9 Å². The molecule has 0 aliphatic carbocycles. The lowest BCUT2D eigenvalue weighted by atomic mass is 10.2. The third kappa shape index (κ3) is 1.60. The van der Waals surface area contributed by atoms with Crippen molar-refractivity contribution in [2.75, 3.05) is 6.61 Å². The Labute approximate surface area is 92.3 Å². The van der Waals surface area contributed by atoms with Crippen LogP contribution in [0, 0.1) is 13.8 Å². The van der Waals surface area contributed by atoms with Crippen LogP contribution in [0.4, 0.5) is 0 Å². The first-order valence-electron chi connectivity index (χ1n) is 4.77. The van der Waals surface area contributed by atoms with Crippen LogP contribution < -0.4 is 0 Å². The first kappa shape index (κ1) is 10.1. The second-order valence-corrected chi connectivity index (χ2v) is 5.35. The fraction of sp³-hybridized carbons (Fsp3) is 0.455. The zero-order chi connectivity index (χ0) is 10.1. The van der Waals surface area contributed by atoms with Crippen molar-refractivity contribution in [2.45, 2.75) is 27.4 Å². The van der Waals surface area contributed by atoms with Crippen molar-refractivity contribution in [3.8, 4) is 0 Å². The molecule has 0 unspecified atom stereocenters. The van der Waals surface area contributed by atoms with Crippen molar-refractivity contribution in [3.05, 3.63) is 21.4 Å². The smallest absolute Gasteiger partial charge is 0.0812 e. The summed E-state index contributed by atoms with van der Waals surface area (Å²) in [4.78, 5) is 1.39. The van der Waals surface area contributed by atoms with Gasteiger partial charge in [-0.2, -0.15) is 0 Å². The predicted molar refractivity (Wildman–Crippen MR) is 64.5 cm³/mol. The highest BCUT2D eigenvalue weighted by molar-refractivity contribution is 7.27.